The van der Waals surface area contributed by atoms with Crippen molar-refractivity contribution in [1.29, 1.82) is 0 Å². The van der Waals surface area contributed by atoms with Crippen molar-refractivity contribution in [2.24, 2.45) is 5.92 Å². The van der Waals surface area contributed by atoms with E-state index in [0.29, 0.717) is 11.8 Å². The highest BCUT2D eigenvalue weighted by molar-refractivity contribution is 6.30. The van der Waals surface area contributed by atoms with Gasteiger partial charge >= 0.3 is 0 Å². The average Bonchev–Trinajstić information content (AvgIpc) is 3.19. The molecule has 0 spiro atoms. The molecule has 0 atom stereocenters. The first-order valence-electron chi connectivity index (χ1n) is 7.05. The van der Waals surface area contributed by atoms with Crippen LogP contribution in [0.2, 0.25) is 5.15 Å². The van der Waals surface area contributed by atoms with Gasteiger partial charge in [0, 0.05) is 25.1 Å². The van der Waals surface area contributed by atoms with Crippen LogP contribution in [0.25, 0.3) is 0 Å². The summed E-state index contributed by atoms with van der Waals surface area (Å²) in [5.41, 5.74) is 0.906. The van der Waals surface area contributed by atoms with Gasteiger partial charge in [-0.2, -0.15) is 0 Å². The standard InChI is InChI=1S/C14H22ClN3O/c1-3-4-12-17-13(15)10(2)14(18-12)16-7-8-19-9-11-5-6-11/h11H,3-9H2,1-2H3,(H,16,17,18). The largest absolute Gasteiger partial charge is 0.379 e. The van der Waals surface area contributed by atoms with Crippen molar-refractivity contribution in [3.8, 4) is 0 Å². The van der Waals surface area contributed by atoms with Crippen LogP contribution in [0.15, 0.2) is 0 Å². The molecule has 0 radical (unpaired) electrons. The minimum absolute atomic E-state index is 0.542. The number of rotatable bonds is 8. The first kappa shape index (κ1) is 14.5. The van der Waals surface area contributed by atoms with Crippen LogP contribution < -0.4 is 5.32 Å². The fraction of sp³-hybridized carbons (Fsp3) is 0.714. The van der Waals surface area contributed by atoms with E-state index in [4.69, 9.17) is 16.3 Å². The average molecular weight is 284 g/mol. The van der Waals surface area contributed by atoms with E-state index in [2.05, 4.69) is 22.2 Å². The van der Waals surface area contributed by atoms with Crippen molar-refractivity contribution in [2.75, 3.05) is 25.1 Å². The molecule has 1 aliphatic rings. The molecule has 0 aromatic carbocycles. The Bertz CT molecular complexity index is 421. The number of hydrogen-bond acceptors (Lipinski definition) is 4. The van der Waals surface area contributed by atoms with Gasteiger partial charge in [0.15, 0.2) is 0 Å². The molecule has 0 bridgehead atoms. The minimum Gasteiger partial charge on any atom is -0.379 e. The molecular weight excluding hydrogens is 262 g/mol. The van der Waals surface area contributed by atoms with Crippen molar-refractivity contribution >= 4 is 17.4 Å². The Morgan fingerprint density at radius 2 is 2.16 bits per heavy atom. The van der Waals surface area contributed by atoms with E-state index in [1.165, 1.54) is 12.8 Å². The zero-order chi connectivity index (χ0) is 13.7. The van der Waals surface area contributed by atoms with E-state index in [0.717, 1.165) is 49.1 Å². The third-order valence-corrected chi connectivity index (χ3v) is 3.56. The number of halogens is 1. The summed E-state index contributed by atoms with van der Waals surface area (Å²) in [6.07, 6.45) is 4.53. The Hall–Kier alpha value is -0.870. The topological polar surface area (TPSA) is 47.0 Å². The van der Waals surface area contributed by atoms with Gasteiger partial charge in [0.25, 0.3) is 0 Å². The van der Waals surface area contributed by atoms with E-state index in [1.54, 1.807) is 0 Å². The van der Waals surface area contributed by atoms with Crippen LogP contribution >= 0.6 is 11.6 Å². The molecule has 2 rings (SSSR count). The van der Waals surface area contributed by atoms with Crippen LogP contribution in [0, 0.1) is 12.8 Å². The molecule has 0 aliphatic heterocycles. The molecule has 106 valence electrons. The highest BCUT2D eigenvalue weighted by atomic mass is 35.5. The van der Waals surface area contributed by atoms with Crippen LogP contribution in [-0.2, 0) is 11.2 Å². The van der Waals surface area contributed by atoms with E-state index in [-0.39, 0.29) is 0 Å². The van der Waals surface area contributed by atoms with Gasteiger partial charge in [-0.15, -0.1) is 0 Å². The van der Waals surface area contributed by atoms with Crippen LogP contribution in [0.1, 0.15) is 37.6 Å². The monoisotopic (exact) mass is 283 g/mol. The summed E-state index contributed by atoms with van der Waals surface area (Å²) >= 11 is 6.12. The van der Waals surface area contributed by atoms with E-state index in [1.807, 2.05) is 6.92 Å². The van der Waals surface area contributed by atoms with Crippen molar-refractivity contribution in [3.05, 3.63) is 16.5 Å². The number of nitrogens with one attached hydrogen (secondary N) is 1. The molecule has 1 aliphatic carbocycles. The molecule has 4 nitrogen and oxygen atoms in total. The minimum atomic E-state index is 0.542. The molecule has 5 heteroatoms. The quantitative estimate of drug-likeness (QED) is 0.588. The second-order valence-corrected chi connectivity index (χ2v) is 5.46. The van der Waals surface area contributed by atoms with Gasteiger partial charge in [0.1, 0.15) is 16.8 Å². The lowest BCUT2D eigenvalue weighted by Crippen LogP contribution is -2.13. The summed E-state index contributed by atoms with van der Waals surface area (Å²) in [7, 11) is 0. The third kappa shape index (κ3) is 4.62. The van der Waals surface area contributed by atoms with Crippen LogP contribution in [-0.4, -0.2) is 29.7 Å². The predicted octanol–water partition coefficient (Wildman–Crippen LogP) is 3.23. The molecular formula is C14H22ClN3O. The number of hydrogen-bond donors (Lipinski definition) is 1. The summed E-state index contributed by atoms with van der Waals surface area (Å²) in [5.74, 6) is 2.45. The van der Waals surface area contributed by atoms with Crippen molar-refractivity contribution in [1.82, 2.24) is 9.97 Å². The normalized spacial score (nSPS) is 14.7. The predicted molar refractivity (Wildman–Crippen MR) is 77.8 cm³/mol. The maximum Gasteiger partial charge on any atom is 0.137 e. The molecule has 1 saturated carbocycles. The van der Waals surface area contributed by atoms with Gasteiger partial charge in [-0.05, 0) is 32.1 Å². The molecule has 0 amide bonds. The van der Waals surface area contributed by atoms with Crippen LogP contribution in [0.4, 0.5) is 5.82 Å². The van der Waals surface area contributed by atoms with E-state index >= 15 is 0 Å². The van der Waals surface area contributed by atoms with Gasteiger partial charge in [-0.25, -0.2) is 9.97 Å². The first-order chi connectivity index (χ1) is 9.20. The molecule has 1 aromatic rings. The lowest BCUT2D eigenvalue weighted by atomic mass is 10.3. The smallest absolute Gasteiger partial charge is 0.137 e. The van der Waals surface area contributed by atoms with E-state index < -0.39 is 0 Å². The van der Waals surface area contributed by atoms with Crippen LogP contribution in [0.3, 0.4) is 0 Å². The maximum atomic E-state index is 6.12. The summed E-state index contributed by atoms with van der Waals surface area (Å²) in [5, 5.41) is 3.83. The Kier molecular flexibility index (Phi) is 5.40. The third-order valence-electron chi connectivity index (χ3n) is 3.20. The molecule has 1 fully saturated rings. The molecule has 1 heterocycles. The van der Waals surface area contributed by atoms with Gasteiger partial charge in [0.05, 0.1) is 6.61 Å². The van der Waals surface area contributed by atoms with E-state index in [9.17, 15) is 0 Å². The number of aryl methyl sites for hydroxylation is 1. The fourth-order valence-electron chi connectivity index (χ4n) is 1.82. The highest BCUT2D eigenvalue weighted by Gasteiger charge is 2.20. The zero-order valence-electron chi connectivity index (χ0n) is 11.7. The van der Waals surface area contributed by atoms with Crippen molar-refractivity contribution in [3.63, 3.8) is 0 Å². The Morgan fingerprint density at radius 1 is 1.37 bits per heavy atom. The number of anilines is 1. The van der Waals surface area contributed by atoms with Gasteiger partial charge < -0.3 is 10.1 Å². The number of nitrogens with zero attached hydrogens (tertiary/aromatic N) is 2. The van der Waals surface area contributed by atoms with Crippen molar-refractivity contribution < 1.29 is 4.74 Å². The van der Waals surface area contributed by atoms with Crippen molar-refractivity contribution in [2.45, 2.75) is 39.5 Å². The molecule has 1 N–H and O–H groups in total. The second kappa shape index (κ2) is 7.06. The lowest BCUT2D eigenvalue weighted by molar-refractivity contribution is 0.134. The Morgan fingerprint density at radius 3 is 2.84 bits per heavy atom. The second-order valence-electron chi connectivity index (χ2n) is 5.10. The Labute approximate surface area is 119 Å². The summed E-state index contributed by atoms with van der Waals surface area (Å²) in [4.78, 5) is 8.79. The van der Waals surface area contributed by atoms with Gasteiger partial charge in [-0.3, -0.25) is 0 Å². The summed E-state index contributed by atoms with van der Waals surface area (Å²) in [6, 6.07) is 0. The van der Waals surface area contributed by atoms with Crippen LogP contribution in [0.5, 0.6) is 0 Å². The molecule has 1 aromatic heterocycles. The molecule has 19 heavy (non-hydrogen) atoms. The first-order valence-corrected chi connectivity index (χ1v) is 7.43. The summed E-state index contributed by atoms with van der Waals surface area (Å²) < 4.78 is 5.59. The SMILES string of the molecule is CCCc1nc(Cl)c(C)c(NCCOCC2CC2)n1. The molecule has 0 unspecified atom stereocenters. The Balaban J connectivity index is 1.82. The summed E-state index contributed by atoms with van der Waals surface area (Å²) in [6.45, 7) is 6.40. The number of aromatic nitrogens is 2. The fourth-order valence-corrected chi connectivity index (χ4v) is 2.00. The lowest BCUT2D eigenvalue weighted by Gasteiger charge is -2.11. The maximum absolute atomic E-state index is 6.12. The number of ether oxygens (including phenoxy) is 1. The van der Waals surface area contributed by atoms with Gasteiger partial charge in [0.2, 0.25) is 0 Å². The van der Waals surface area contributed by atoms with Gasteiger partial charge in [-0.1, -0.05) is 18.5 Å². The highest BCUT2D eigenvalue weighted by Crippen LogP contribution is 2.28. The molecule has 0 saturated heterocycles. The zero-order valence-corrected chi connectivity index (χ0v) is 12.5.